The van der Waals surface area contributed by atoms with Gasteiger partial charge in [0.15, 0.2) is 5.13 Å². The SMILES string of the molecule is Cc1cnc(NC(=O)C2CCC(=O)N(C)C2c2ccc(F)cc2)s1. The number of aryl methyl sites for hydroxylation is 1. The molecule has 5 nitrogen and oxygen atoms in total. The molecule has 1 saturated heterocycles. The number of carbonyl (C=O) groups excluding carboxylic acids is 2. The number of amides is 2. The van der Waals surface area contributed by atoms with Crippen LogP contribution in [-0.4, -0.2) is 28.7 Å². The highest BCUT2D eigenvalue weighted by Crippen LogP contribution is 2.36. The largest absolute Gasteiger partial charge is 0.338 e. The molecule has 0 bridgehead atoms. The summed E-state index contributed by atoms with van der Waals surface area (Å²) in [6.07, 6.45) is 2.48. The lowest BCUT2D eigenvalue weighted by Gasteiger charge is -2.38. The van der Waals surface area contributed by atoms with Gasteiger partial charge in [-0.2, -0.15) is 0 Å². The topological polar surface area (TPSA) is 62.3 Å². The van der Waals surface area contributed by atoms with Crippen LogP contribution in [0.1, 0.15) is 29.3 Å². The minimum absolute atomic E-state index is 0.0153. The molecule has 0 saturated carbocycles. The minimum atomic E-state index is -0.409. The van der Waals surface area contributed by atoms with Gasteiger partial charge >= 0.3 is 0 Å². The minimum Gasteiger partial charge on any atom is -0.338 e. The molecule has 126 valence electrons. The number of aromatic nitrogens is 1. The van der Waals surface area contributed by atoms with E-state index in [1.807, 2.05) is 6.92 Å². The van der Waals surface area contributed by atoms with E-state index in [9.17, 15) is 14.0 Å². The van der Waals surface area contributed by atoms with Gasteiger partial charge in [-0.05, 0) is 31.0 Å². The average molecular weight is 347 g/mol. The van der Waals surface area contributed by atoms with Crippen LogP contribution >= 0.6 is 11.3 Å². The van der Waals surface area contributed by atoms with E-state index in [1.54, 1.807) is 30.3 Å². The molecule has 1 fully saturated rings. The van der Waals surface area contributed by atoms with Crippen LogP contribution < -0.4 is 5.32 Å². The highest BCUT2D eigenvalue weighted by atomic mass is 32.1. The maximum Gasteiger partial charge on any atom is 0.231 e. The lowest BCUT2D eigenvalue weighted by Crippen LogP contribution is -2.44. The highest BCUT2D eigenvalue weighted by molar-refractivity contribution is 7.15. The fourth-order valence-corrected chi connectivity index (χ4v) is 3.71. The molecule has 1 N–H and O–H groups in total. The number of thiazole rings is 1. The molecule has 1 aliphatic rings. The second kappa shape index (κ2) is 6.68. The summed E-state index contributed by atoms with van der Waals surface area (Å²) in [5.74, 6) is -0.929. The number of piperidine rings is 1. The maximum atomic E-state index is 13.2. The van der Waals surface area contributed by atoms with Crippen LogP contribution in [0.15, 0.2) is 30.5 Å². The van der Waals surface area contributed by atoms with Crippen molar-refractivity contribution in [1.29, 1.82) is 0 Å². The van der Waals surface area contributed by atoms with Crippen molar-refractivity contribution < 1.29 is 14.0 Å². The van der Waals surface area contributed by atoms with Crippen molar-refractivity contribution in [2.45, 2.75) is 25.8 Å². The third kappa shape index (κ3) is 3.31. The first-order valence-electron chi connectivity index (χ1n) is 7.70. The smallest absolute Gasteiger partial charge is 0.231 e. The molecular weight excluding hydrogens is 329 g/mol. The Morgan fingerprint density at radius 2 is 2.08 bits per heavy atom. The average Bonchev–Trinajstić information content (AvgIpc) is 2.96. The summed E-state index contributed by atoms with van der Waals surface area (Å²) >= 11 is 1.41. The Balaban J connectivity index is 1.86. The number of rotatable bonds is 3. The van der Waals surface area contributed by atoms with Crippen LogP contribution in [0.25, 0.3) is 0 Å². The number of hydrogen-bond acceptors (Lipinski definition) is 4. The number of benzene rings is 1. The number of likely N-dealkylation sites (tertiary alicyclic amines) is 1. The first-order valence-corrected chi connectivity index (χ1v) is 8.52. The van der Waals surface area contributed by atoms with Crippen LogP contribution in [0.5, 0.6) is 0 Å². The molecule has 0 spiro atoms. The molecule has 1 aromatic carbocycles. The molecule has 2 aromatic rings. The molecule has 3 rings (SSSR count). The Kier molecular flexibility index (Phi) is 4.62. The van der Waals surface area contributed by atoms with Crippen molar-refractivity contribution in [2.75, 3.05) is 12.4 Å². The van der Waals surface area contributed by atoms with Crippen LogP contribution in [-0.2, 0) is 9.59 Å². The number of nitrogens with one attached hydrogen (secondary N) is 1. The van der Waals surface area contributed by atoms with E-state index in [2.05, 4.69) is 10.3 Å². The summed E-state index contributed by atoms with van der Waals surface area (Å²) in [5.41, 5.74) is 0.752. The highest BCUT2D eigenvalue weighted by Gasteiger charge is 2.39. The lowest BCUT2D eigenvalue weighted by molar-refractivity contribution is -0.140. The third-order valence-corrected chi connectivity index (χ3v) is 5.09. The van der Waals surface area contributed by atoms with Gasteiger partial charge in [0.05, 0.1) is 12.0 Å². The monoisotopic (exact) mass is 347 g/mol. The van der Waals surface area contributed by atoms with Crippen molar-refractivity contribution in [1.82, 2.24) is 9.88 Å². The molecule has 1 aromatic heterocycles. The van der Waals surface area contributed by atoms with E-state index in [-0.39, 0.29) is 17.6 Å². The Hall–Kier alpha value is -2.28. The molecular formula is C17H18FN3O2S. The third-order valence-electron chi connectivity index (χ3n) is 4.26. The van der Waals surface area contributed by atoms with Gasteiger partial charge in [-0.25, -0.2) is 9.37 Å². The van der Waals surface area contributed by atoms with Crippen molar-refractivity contribution in [3.05, 3.63) is 46.7 Å². The predicted molar refractivity (Wildman–Crippen MR) is 90.1 cm³/mol. The number of anilines is 1. The van der Waals surface area contributed by atoms with E-state index in [4.69, 9.17) is 0 Å². The first kappa shape index (κ1) is 16.6. The van der Waals surface area contributed by atoms with E-state index in [0.29, 0.717) is 18.0 Å². The Labute approximate surface area is 143 Å². The Morgan fingerprint density at radius 3 is 2.71 bits per heavy atom. The Bertz CT molecular complexity index is 759. The summed E-state index contributed by atoms with van der Waals surface area (Å²) < 4.78 is 13.2. The maximum absolute atomic E-state index is 13.2. The predicted octanol–water partition coefficient (Wildman–Crippen LogP) is 3.14. The van der Waals surface area contributed by atoms with Gasteiger partial charge in [-0.1, -0.05) is 12.1 Å². The fraction of sp³-hybridized carbons (Fsp3) is 0.353. The van der Waals surface area contributed by atoms with E-state index in [0.717, 1.165) is 10.4 Å². The fourth-order valence-electron chi connectivity index (χ4n) is 3.04. The second-order valence-electron chi connectivity index (χ2n) is 5.91. The zero-order valence-electron chi connectivity index (χ0n) is 13.5. The van der Waals surface area contributed by atoms with Crippen molar-refractivity contribution >= 4 is 28.3 Å². The molecule has 24 heavy (non-hydrogen) atoms. The van der Waals surface area contributed by atoms with Crippen molar-refractivity contribution in [2.24, 2.45) is 5.92 Å². The van der Waals surface area contributed by atoms with Gasteiger partial charge in [0.2, 0.25) is 11.8 Å². The normalized spacial score (nSPS) is 21.0. The molecule has 0 aliphatic carbocycles. The zero-order chi connectivity index (χ0) is 17.3. The summed E-state index contributed by atoms with van der Waals surface area (Å²) in [4.78, 5) is 31.5. The van der Waals surface area contributed by atoms with Crippen LogP contribution in [0.3, 0.4) is 0 Å². The van der Waals surface area contributed by atoms with E-state index in [1.165, 1.54) is 23.5 Å². The van der Waals surface area contributed by atoms with Crippen LogP contribution in [0, 0.1) is 18.7 Å². The molecule has 2 amide bonds. The number of hydrogen-bond donors (Lipinski definition) is 1. The van der Waals surface area contributed by atoms with E-state index < -0.39 is 12.0 Å². The molecule has 1 aliphatic heterocycles. The molecule has 2 unspecified atom stereocenters. The zero-order valence-corrected chi connectivity index (χ0v) is 14.3. The van der Waals surface area contributed by atoms with Gasteiger partial charge in [-0.15, -0.1) is 11.3 Å². The van der Waals surface area contributed by atoms with E-state index >= 15 is 0 Å². The molecule has 2 heterocycles. The molecule has 0 radical (unpaired) electrons. The standard InChI is InChI=1S/C17H18FN3O2S/c1-10-9-19-17(24-10)20-16(23)13-7-8-14(22)21(2)15(13)11-3-5-12(18)6-4-11/h3-6,9,13,15H,7-8H2,1-2H3,(H,19,20,23). The van der Waals surface area contributed by atoms with Gasteiger partial charge in [0, 0.05) is 24.5 Å². The number of carbonyl (C=O) groups is 2. The first-order chi connectivity index (χ1) is 11.5. The lowest BCUT2D eigenvalue weighted by atomic mass is 9.84. The molecule has 2 atom stereocenters. The van der Waals surface area contributed by atoms with Crippen LogP contribution in [0.2, 0.25) is 0 Å². The Morgan fingerprint density at radius 1 is 1.38 bits per heavy atom. The van der Waals surface area contributed by atoms with Gasteiger partial charge in [-0.3, -0.25) is 9.59 Å². The number of nitrogens with zero attached hydrogens (tertiary/aromatic N) is 2. The van der Waals surface area contributed by atoms with Gasteiger partial charge in [0.25, 0.3) is 0 Å². The summed E-state index contributed by atoms with van der Waals surface area (Å²) in [6, 6.07) is 5.54. The molecule has 7 heteroatoms. The van der Waals surface area contributed by atoms with Crippen molar-refractivity contribution in [3.8, 4) is 0 Å². The quantitative estimate of drug-likeness (QED) is 0.928. The van der Waals surface area contributed by atoms with Crippen LogP contribution in [0.4, 0.5) is 9.52 Å². The number of halogens is 1. The van der Waals surface area contributed by atoms with Gasteiger partial charge in [0.1, 0.15) is 5.82 Å². The van der Waals surface area contributed by atoms with Crippen molar-refractivity contribution in [3.63, 3.8) is 0 Å². The van der Waals surface area contributed by atoms with Gasteiger partial charge < -0.3 is 10.2 Å². The summed E-state index contributed by atoms with van der Waals surface area (Å²) in [6.45, 7) is 1.92. The summed E-state index contributed by atoms with van der Waals surface area (Å²) in [7, 11) is 1.68. The summed E-state index contributed by atoms with van der Waals surface area (Å²) in [5, 5.41) is 3.39. The second-order valence-corrected chi connectivity index (χ2v) is 7.15.